The van der Waals surface area contributed by atoms with Gasteiger partial charge in [-0.05, 0) is 56.2 Å². The molecule has 2 aromatic carbocycles. The molecule has 2 N–H and O–H groups in total. The Kier molecular flexibility index (Phi) is 8.92. The van der Waals surface area contributed by atoms with Gasteiger partial charge in [0.15, 0.2) is 6.61 Å². The Hall–Kier alpha value is -4.45. The fraction of sp³-hybridized carbons (Fsp3) is 0.379. The predicted octanol–water partition coefficient (Wildman–Crippen LogP) is 2.59. The van der Waals surface area contributed by atoms with Gasteiger partial charge in [-0.25, -0.2) is 9.18 Å². The third-order valence-electron chi connectivity index (χ3n) is 6.44. The molecule has 11 nitrogen and oxygen atoms in total. The number of fused-ring (bicyclic) bond motifs is 1. The highest BCUT2D eigenvalue weighted by molar-refractivity contribution is 6.00. The van der Waals surface area contributed by atoms with Crippen LogP contribution >= 0.6 is 0 Å². The smallest absolute Gasteiger partial charge is 0.342 e. The van der Waals surface area contributed by atoms with Crippen LogP contribution in [-0.2, 0) is 16.0 Å². The van der Waals surface area contributed by atoms with Crippen LogP contribution in [-0.4, -0.2) is 82.6 Å². The second-order valence-electron chi connectivity index (χ2n) is 10.4. The predicted molar refractivity (Wildman–Crippen MR) is 149 cm³/mol. The molecule has 41 heavy (non-hydrogen) atoms. The maximum absolute atomic E-state index is 13.5. The summed E-state index contributed by atoms with van der Waals surface area (Å²) in [5.74, 6) is -0.290. The molecule has 218 valence electrons. The lowest BCUT2D eigenvalue weighted by molar-refractivity contribution is -0.136. The number of ether oxygens (including phenoxy) is 2. The average molecular weight is 568 g/mol. The largest absolute Gasteiger partial charge is 0.489 e. The summed E-state index contributed by atoms with van der Waals surface area (Å²) in [5, 5.41) is 16.8. The van der Waals surface area contributed by atoms with Crippen LogP contribution in [0.2, 0.25) is 0 Å². The zero-order valence-corrected chi connectivity index (χ0v) is 23.5. The highest BCUT2D eigenvalue weighted by Gasteiger charge is 2.31. The molecule has 1 aliphatic rings. The van der Waals surface area contributed by atoms with E-state index in [1.807, 2.05) is 6.92 Å². The van der Waals surface area contributed by atoms with Gasteiger partial charge in [-0.1, -0.05) is 12.1 Å². The Bertz CT molecular complexity index is 1420. The van der Waals surface area contributed by atoms with E-state index >= 15 is 0 Å². The molecule has 0 saturated heterocycles. The molecular weight excluding hydrogens is 533 g/mol. The number of carbonyl (C=O) groups excluding carboxylic acids is 3. The number of aliphatic hydroxyl groups is 1. The normalized spacial score (nSPS) is 15.0. The zero-order valence-electron chi connectivity index (χ0n) is 23.5. The minimum atomic E-state index is -1.04. The van der Waals surface area contributed by atoms with Crippen molar-refractivity contribution < 1.29 is 33.4 Å². The van der Waals surface area contributed by atoms with E-state index in [4.69, 9.17) is 9.47 Å². The minimum absolute atomic E-state index is 0.111. The van der Waals surface area contributed by atoms with Gasteiger partial charge in [-0.2, -0.15) is 9.78 Å². The summed E-state index contributed by atoms with van der Waals surface area (Å²) in [7, 11) is 1.55. The van der Waals surface area contributed by atoms with Crippen molar-refractivity contribution in [1.82, 2.24) is 20.0 Å². The van der Waals surface area contributed by atoms with Crippen molar-refractivity contribution in [1.29, 1.82) is 0 Å². The summed E-state index contributed by atoms with van der Waals surface area (Å²) in [5.41, 5.74) is 0.815. The maximum atomic E-state index is 13.5. The zero-order chi connectivity index (χ0) is 29.7. The monoisotopic (exact) mass is 567 g/mol. The van der Waals surface area contributed by atoms with Crippen molar-refractivity contribution in [3.63, 3.8) is 0 Å². The second-order valence-corrected chi connectivity index (χ2v) is 10.4. The summed E-state index contributed by atoms with van der Waals surface area (Å²) in [6.45, 7) is 5.30. The van der Waals surface area contributed by atoms with Gasteiger partial charge in [0.2, 0.25) is 0 Å². The van der Waals surface area contributed by atoms with Crippen molar-refractivity contribution in [3.8, 4) is 11.5 Å². The van der Waals surface area contributed by atoms with Crippen molar-refractivity contribution in [2.75, 3.05) is 38.3 Å². The molecule has 0 spiro atoms. The van der Waals surface area contributed by atoms with Crippen molar-refractivity contribution in [2.45, 2.75) is 38.8 Å². The van der Waals surface area contributed by atoms with Gasteiger partial charge in [0.1, 0.15) is 30.0 Å². The fourth-order valence-electron chi connectivity index (χ4n) is 4.41. The maximum Gasteiger partial charge on any atom is 0.342 e. The molecule has 0 radical (unpaired) electrons. The molecule has 12 heteroatoms. The van der Waals surface area contributed by atoms with Crippen LogP contribution in [0, 0.1) is 5.82 Å². The highest BCUT2D eigenvalue weighted by Crippen LogP contribution is 2.34. The first kappa shape index (κ1) is 29.5. The van der Waals surface area contributed by atoms with Gasteiger partial charge in [-0.15, -0.1) is 0 Å². The summed E-state index contributed by atoms with van der Waals surface area (Å²) in [6.07, 6.45) is 3.42. The molecular formula is C29H34FN5O6. The van der Waals surface area contributed by atoms with Gasteiger partial charge in [0.25, 0.3) is 11.8 Å². The first-order valence-corrected chi connectivity index (χ1v) is 13.2. The molecule has 0 unspecified atom stereocenters. The van der Waals surface area contributed by atoms with Crippen LogP contribution in [0.1, 0.15) is 31.9 Å². The number of carbonyl (C=O) groups is 3. The molecule has 1 aliphatic heterocycles. The van der Waals surface area contributed by atoms with Crippen LogP contribution < -0.4 is 19.7 Å². The van der Waals surface area contributed by atoms with Gasteiger partial charge in [0.05, 0.1) is 17.5 Å². The van der Waals surface area contributed by atoms with E-state index in [0.29, 0.717) is 35.7 Å². The SMILES string of the molecule is CCN(CC(C)(C)O)C(=O)COc1ccc2c(c1)N(C)C(=O)[C@@H](NC(=O)n1cc(Cc3cccc(F)c3)cn1)CO2. The third kappa shape index (κ3) is 7.60. The van der Waals surface area contributed by atoms with Crippen molar-refractivity contribution >= 4 is 23.5 Å². The third-order valence-corrected chi connectivity index (χ3v) is 6.44. The van der Waals surface area contributed by atoms with Crippen LogP contribution in [0.15, 0.2) is 54.9 Å². The minimum Gasteiger partial charge on any atom is -0.489 e. The average Bonchev–Trinajstić information content (AvgIpc) is 3.36. The van der Waals surface area contributed by atoms with Crippen LogP contribution in [0.25, 0.3) is 0 Å². The van der Waals surface area contributed by atoms with Crippen molar-refractivity contribution in [2.24, 2.45) is 0 Å². The first-order valence-electron chi connectivity index (χ1n) is 13.2. The molecule has 0 bridgehead atoms. The molecule has 0 fully saturated rings. The van der Waals surface area contributed by atoms with Gasteiger partial charge in [0, 0.05) is 38.8 Å². The second kappa shape index (κ2) is 12.4. The number of hydrogen-bond donors (Lipinski definition) is 2. The van der Waals surface area contributed by atoms with E-state index in [9.17, 15) is 23.9 Å². The first-order chi connectivity index (χ1) is 19.4. The molecule has 1 atom stereocenters. The van der Waals surface area contributed by atoms with E-state index in [1.165, 1.54) is 34.3 Å². The van der Waals surface area contributed by atoms with E-state index in [-0.39, 0.29) is 31.5 Å². The Labute approximate surface area is 237 Å². The summed E-state index contributed by atoms with van der Waals surface area (Å²) in [4.78, 5) is 41.6. The quantitative estimate of drug-likeness (QED) is 0.407. The number of nitrogens with one attached hydrogen (secondary N) is 1. The standard InChI is InChI=1S/C29H34FN5O6/c1-5-34(18-29(2,3)39)26(36)17-40-22-9-10-25-24(13-22)33(4)27(37)23(16-41-25)32-28(38)35-15-20(14-31-35)11-19-7-6-8-21(30)12-19/h6-10,12-15,23,39H,5,11,16-18H2,1-4H3,(H,32,38)/t23-/m0/s1. The number of nitrogens with zero attached hydrogens (tertiary/aromatic N) is 4. The van der Waals surface area contributed by atoms with Crippen LogP contribution in [0.4, 0.5) is 14.9 Å². The van der Waals surface area contributed by atoms with E-state index in [0.717, 1.165) is 10.2 Å². The van der Waals surface area contributed by atoms with Gasteiger partial charge >= 0.3 is 6.03 Å². The van der Waals surface area contributed by atoms with Crippen molar-refractivity contribution in [3.05, 3.63) is 71.8 Å². The molecule has 0 aliphatic carbocycles. The molecule has 3 amide bonds. The molecule has 4 rings (SSSR count). The van der Waals surface area contributed by atoms with Gasteiger partial charge < -0.3 is 29.7 Å². The van der Waals surface area contributed by atoms with E-state index in [2.05, 4.69) is 10.4 Å². The summed E-state index contributed by atoms with van der Waals surface area (Å²) < 4.78 is 26.1. The molecule has 3 aromatic rings. The van der Waals surface area contributed by atoms with Crippen LogP contribution in [0.5, 0.6) is 11.5 Å². The number of anilines is 1. The number of benzene rings is 2. The lowest BCUT2D eigenvalue weighted by atomic mass is 10.1. The highest BCUT2D eigenvalue weighted by atomic mass is 19.1. The summed E-state index contributed by atoms with van der Waals surface area (Å²) in [6, 6.07) is 9.39. The van der Waals surface area contributed by atoms with Crippen LogP contribution in [0.3, 0.4) is 0 Å². The number of likely N-dealkylation sites (N-methyl/N-ethyl adjacent to an activating group) is 2. The molecule has 2 heterocycles. The van der Waals surface area contributed by atoms with E-state index < -0.39 is 23.6 Å². The Morgan fingerprint density at radius 3 is 2.73 bits per heavy atom. The number of rotatable bonds is 9. The summed E-state index contributed by atoms with van der Waals surface area (Å²) >= 11 is 0. The topological polar surface area (TPSA) is 126 Å². The number of halogens is 1. The lowest BCUT2D eigenvalue weighted by Crippen LogP contribution is -2.50. The molecule has 1 aromatic heterocycles. The number of aromatic nitrogens is 2. The lowest BCUT2D eigenvalue weighted by Gasteiger charge is -2.28. The molecule has 0 saturated carbocycles. The van der Waals surface area contributed by atoms with E-state index in [1.54, 1.807) is 51.2 Å². The Balaban J connectivity index is 1.38. The number of hydrogen-bond acceptors (Lipinski definition) is 7. The Morgan fingerprint density at radius 2 is 2.02 bits per heavy atom. The fourth-order valence-corrected chi connectivity index (χ4v) is 4.41. The van der Waals surface area contributed by atoms with Gasteiger partial charge in [-0.3, -0.25) is 9.59 Å². The number of amides is 3. The Morgan fingerprint density at radius 1 is 1.24 bits per heavy atom.